The molecule has 0 saturated heterocycles. The van der Waals surface area contributed by atoms with Crippen molar-refractivity contribution in [3.63, 3.8) is 0 Å². The second kappa shape index (κ2) is 12.3. The number of benzene rings is 2. The van der Waals surface area contributed by atoms with E-state index in [1.54, 1.807) is 7.11 Å². The third-order valence-electron chi connectivity index (χ3n) is 2.74. The summed E-state index contributed by atoms with van der Waals surface area (Å²) in [5, 5.41) is 0. The molecular formula is C18H26BO. The minimum Gasteiger partial charge on any atom is -0.496 e. The molecule has 107 valence electrons. The lowest BCUT2D eigenvalue weighted by atomic mass is 10.1. The Kier molecular flexibility index (Phi) is 12.7. The van der Waals surface area contributed by atoms with E-state index >= 15 is 0 Å². The topological polar surface area (TPSA) is 9.23 Å². The van der Waals surface area contributed by atoms with Gasteiger partial charge in [-0.05, 0) is 43.5 Å². The largest absolute Gasteiger partial charge is 0.496 e. The highest BCUT2D eigenvalue weighted by molar-refractivity contribution is 5.75. The van der Waals surface area contributed by atoms with Crippen LogP contribution in [0.4, 0.5) is 0 Å². The third kappa shape index (κ3) is 7.68. The van der Waals surface area contributed by atoms with Crippen molar-refractivity contribution in [3.05, 3.63) is 65.2 Å². The maximum atomic E-state index is 5.04. The summed E-state index contributed by atoms with van der Waals surface area (Å²) in [6, 6.07) is 16.3. The lowest BCUT2D eigenvalue weighted by Crippen LogP contribution is -1.84. The summed E-state index contributed by atoms with van der Waals surface area (Å²) in [6.45, 7) is 10.3. The number of para-hydroxylation sites is 1. The standard InChI is InChI=1S/C8H10O.C8H10.C2H6.B/c1-7-5-3-4-6-8(7)9-2;1-7-5-3-4-6-8(7)2;1-2;/h3-6H,1-2H3;3-6H,1-2H3;1-2H3;. The van der Waals surface area contributed by atoms with Gasteiger partial charge in [0.05, 0.1) is 7.11 Å². The summed E-state index contributed by atoms with van der Waals surface area (Å²) in [7, 11) is 1.68. The van der Waals surface area contributed by atoms with Crippen LogP contribution in [-0.2, 0) is 0 Å². The van der Waals surface area contributed by atoms with E-state index in [0.29, 0.717) is 0 Å². The SMILES string of the molecule is CC.COc1ccccc1C.Cc1ccccc1C.[B]. The van der Waals surface area contributed by atoms with Gasteiger partial charge in [0.15, 0.2) is 0 Å². The van der Waals surface area contributed by atoms with Crippen LogP contribution < -0.4 is 4.74 Å². The van der Waals surface area contributed by atoms with Gasteiger partial charge in [-0.15, -0.1) is 0 Å². The molecule has 0 aliphatic heterocycles. The molecule has 0 atom stereocenters. The van der Waals surface area contributed by atoms with Crippen LogP contribution in [0.1, 0.15) is 30.5 Å². The normalized spacial score (nSPS) is 8.10. The minimum atomic E-state index is 0. The van der Waals surface area contributed by atoms with Crippen molar-refractivity contribution < 1.29 is 4.74 Å². The minimum absolute atomic E-state index is 0. The van der Waals surface area contributed by atoms with Crippen molar-refractivity contribution in [2.24, 2.45) is 0 Å². The van der Waals surface area contributed by atoms with Crippen molar-refractivity contribution in [1.82, 2.24) is 0 Å². The number of hydrogen-bond acceptors (Lipinski definition) is 1. The monoisotopic (exact) mass is 269 g/mol. The molecule has 0 bridgehead atoms. The summed E-state index contributed by atoms with van der Waals surface area (Å²) in [5.74, 6) is 0.956. The Labute approximate surface area is 126 Å². The number of aryl methyl sites for hydroxylation is 3. The van der Waals surface area contributed by atoms with Gasteiger partial charge in [-0.3, -0.25) is 0 Å². The highest BCUT2D eigenvalue weighted by Gasteiger charge is 1.90. The van der Waals surface area contributed by atoms with Crippen LogP contribution in [0.3, 0.4) is 0 Å². The van der Waals surface area contributed by atoms with Gasteiger partial charge in [-0.25, -0.2) is 0 Å². The first-order valence-electron chi connectivity index (χ1n) is 6.77. The van der Waals surface area contributed by atoms with Gasteiger partial charge in [0.2, 0.25) is 0 Å². The van der Waals surface area contributed by atoms with Crippen LogP contribution in [0.25, 0.3) is 0 Å². The van der Waals surface area contributed by atoms with E-state index < -0.39 is 0 Å². The van der Waals surface area contributed by atoms with Gasteiger partial charge in [0, 0.05) is 8.41 Å². The maximum Gasteiger partial charge on any atom is 0.121 e. The second-order valence-corrected chi connectivity index (χ2v) is 4.05. The molecule has 0 saturated carbocycles. The van der Waals surface area contributed by atoms with Gasteiger partial charge in [-0.1, -0.05) is 56.3 Å². The second-order valence-electron chi connectivity index (χ2n) is 4.05. The van der Waals surface area contributed by atoms with Crippen molar-refractivity contribution in [2.45, 2.75) is 34.6 Å². The number of hydrogen-bond donors (Lipinski definition) is 0. The fourth-order valence-electron chi connectivity index (χ4n) is 1.45. The highest BCUT2D eigenvalue weighted by atomic mass is 16.5. The van der Waals surface area contributed by atoms with Crippen LogP contribution >= 0.6 is 0 Å². The first-order valence-corrected chi connectivity index (χ1v) is 6.77. The van der Waals surface area contributed by atoms with Crippen LogP contribution in [-0.4, -0.2) is 15.5 Å². The maximum absolute atomic E-state index is 5.04. The molecular weight excluding hydrogens is 243 g/mol. The van der Waals surface area contributed by atoms with Crippen LogP contribution in [0.2, 0.25) is 0 Å². The van der Waals surface area contributed by atoms with E-state index in [0.717, 1.165) is 5.75 Å². The van der Waals surface area contributed by atoms with Gasteiger partial charge in [0.1, 0.15) is 5.75 Å². The van der Waals surface area contributed by atoms with Crippen LogP contribution in [0, 0.1) is 20.8 Å². The van der Waals surface area contributed by atoms with Crippen LogP contribution in [0.5, 0.6) is 5.75 Å². The molecule has 0 N–H and O–H groups in total. The molecule has 0 aliphatic rings. The summed E-state index contributed by atoms with van der Waals surface area (Å²) in [6.07, 6.45) is 0. The van der Waals surface area contributed by atoms with Crippen molar-refractivity contribution in [3.8, 4) is 5.75 Å². The molecule has 2 aromatic carbocycles. The average molecular weight is 269 g/mol. The molecule has 0 amide bonds. The molecule has 0 aliphatic carbocycles. The Morgan fingerprint density at radius 1 is 0.650 bits per heavy atom. The number of ether oxygens (including phenoxy) is 1. The summed E-state index contributed by atoms with van der Waals surface area (Å²) < 4.78 is 5.04. The van der Waals surface area contributed by atoms with E-state index in [-0.39, 0.29) is 8.41 Å². The van der Waals surface area contributed by atoms with E-state index in [1.165, 1.54) is 16.7 Å². The predicted molar refractivity (Wildman–Crippen MR) is 90.7 cm³/mol. The number of methoxy groups -OCH3 is 1. The first kappa shape index (κ1) is 20.6. The van der Waals surface area contributed by atoms with Gasteiger partial charge in [-0.2, -0.15) is 0 Å². The molecule has 3 radical (unpaired) electrons. The summed E-state index contributed by atoms with van der Waals surface area (Å²) >= 11 is 0. The quantitative estimate of drug-likeness (QED) is 0.665. The zero-order valence-electron chi connectivity index (χ0n) is 13.6. The zero-order chi connectivity index (χ0) is 14.7. The molecule has 0 heterocycles. The van der Waals surface area contributed by atoms with Crippen molar-refractivity contribution >= 4 is 8.41 Å². The molecule has 0 aromatic heterocycles. The molecule has 0 fully saturated rings. The van der Waals surface area contributed by atoms with E-state index in [2.05, 4.69) is 38.1 Å². The van der Waals surface area contributed by atoms with Crippen LogP contribution in [0.15, 0.2) is 48.5 Å². The molecule has 2 heteroatoms. The fraction of sp³-hybridized carbons (Fsp3) is 0.333. The lowest BCUT2D eigenvalue weighted by molar-refractivity contribution is 0.411. The number of rotatable bonds is 1. The molecule has 1 nitrogen and oxygen atoms in total. The van der Waals surface area contributed by atoms with Crippen molar-refractivity contribution in [2.75, 3.05) is 7.11 Å². The Morgan fingerprint density at radius 2 is 1.00 bits per heavy atom. The predicted octanol–water partition coefficient (Wildman–Crippen LogP) is 4.95. The zero-order valence-corrected chi connectivity index (χ0v) is 13.6. The van der Waals surface area contributed by atoms with Crippen molar-refractivity contribution in [1.29, 1.82) is 0 Å². The first-order chi connectivity index (χ1) is 9.15. The molecule has 0 spiro atoms. The molecule has 2 rings (SSSR count). The van der Waals surface area contributed by atoms with Gasteiger partial charge < -0.3 is 4.74 Å². The Hall–Kier alpha value is -1.70. The average Bonchev–Trinajstić information content (AvgIpc) is 2.46. The fourth-order valence-corrected chi connectivity index (χ4v) is 1.45. The third-order valence-corrected chi connectivity index (χ3v) is 2.74. The van der Waals surface area contributed by atoms with Gasteiger partial charge in [0.25, 0.3) is 0 Å². The molecule has 20 heavy (non-hydrogen) atoms. The Morgan fingerprint density at radius 3 is 1.25 bits per heavy atom. The van der Waals surface area contributed by atoms with E-state index in [9.17, 15) is 0 Å². The molecule has 0 unspecified atom stereocenters. The Balaban J connectivity index is 0. The van der Waals surface area contributed by atoms with E-state index in [1.807, 2.05) is 45.0 Å². The smallest absolute Gasteiger partial charge is 0.121 e. The highest BCUT2D eigenvalue weighted by Crippen LogP contribution is 2.14. The summed E-state index contributed by atoms with van der Waals surface area (Å²) in [4.78, 5) is 0. The summed E-state index contributed by atoms with van der Waals surface area (Å²) in [5.41, 5.74) is 3.92. The Bertz CT molecular complexity index is 445. The van der Waals surface area contributed by atoms with Gasteiger partial charge >= 0.3 is 0 Å². The van der Waals surface area contributed by atoms with E-state index in [4.69, 9.17) is 4.74 Å². The molecule has 2 aromatic rings. The lowest BCUT2D eigenvalue weighted by Gasteiger charge is -2.00.